The van der Waals surface area contributed by atoms with E-state index in [1.165, 1.54) is 0 Å². The second kappa shape index (κ2) is 9.14. The Hall–Kier alpha value is -3.20. The van der Waals surface area contributed by atoms with Gasteiger partial charge >= 0.3 is 0 Å². The van der Waals surface area contributed by atoms with Crippen molar-refractivity contribution < 1.29 is 9.47 Å². The van der Waals surface area contributed by atoms with E-state index < -0.39 is 0 Å². The molecule has 0 spiro atoms. The van der Waals surface area contributed by atoms with Crippen LogP contribution in [0, 0.1) is 6.92 Å². The van der Waals surface area contributed by atoms with Crippen LogP contribution < -0.4 is 20.5 Å². The Morgan fingerprint density at radius 2 is 2.04 bits per heavy atom. The van der Waals surface area contributed by atoms with E-state index in [0.29, 0.717) is 18.1 Å². The summed E-state index contributed by atoms with van der Waals surface area (Å²) >= 11 is 3.51. The fourth-order valence-electron chi connectivity index (χ4n) is 2.30. The molecule has 3 rings (SSSR count). The number of rotatable bonds is 7. The summed E-state index contributed by atoms with van der Waals surface area (Å²) in [5, 5.41) is 11.6. The molecule has 144 valence electrons. The number of hydrogen-bond donors (Lipinski definition) is 2. The SMILES string of the molecule is COc1cc(/C=N\Nc2nnc(C)c(=O)[nH]2)cc(Br)c1OCc1ccccc1. The van der Waals surface area contributed by atoms with Crippen LogP contribution in [0.1, 0.15) is 16.8 Å². The van der Waals surface area contributed by atoms with Gasteiger partial charge in [-0.05, 0) is 46.1 Å². The first kappa shape index (κ1) is 19.6. The molecule has 0 fully saturated rings. The van der Waals surface area contributed by atoms with Crippen LogP contribution in [0.3, 0.4) is 0 Å². The molecule has 0 aliphatic rings. The third kappa shape index (κ3) is 4.95. The largest absolute Gasteiger partial charge is 0.493 e. The summed E-state index contributed by atoms with van der Waals surface area (Å²) in [7, 11) is 1.57. The molecule has 2 N–H and O–H groups in total. The molecule has 0 bridgehead atoms. The van der Waals surface area contributed by atoms with Crippen molar-refractivity contribution in [3.63, 3.8) is 0 Å². The molecular formula is C19H18BrN5O3. The third-order valence-corrected chi connectivity index (χ3v) is 4.31. The summed E-state index contributed by atoms with van der Waals surface area (Å²) < 4.78 is 12.1. The number of benzene rings is 2. The Bertz CT molecular complexity index is 1040. The van der Waals surface area contributed by atoms with Crippen LogP contribution in [-0.4, -0.2) is 28.5 Å². The van der Waals surface area contributed by atoms with Crippen LogP contribution in [0.15, 0.2) is 56.8 Å². The predicted octanol–water partition coefficient (Wildman–Crippen LogP) is 3.27. The first-order valence-corrected chi connectivity index (χ1v) is 9.13. The molecule has 2 aromatic carbocycles. The van der Waals surface area contributed by atoms with E-state index in [2.05, 4.69) is 41.6 Å². The first-order valence-electron chi connectivity index (χ1n) is 8.33. The van der Waals surface area contributed by atoms with E-state index >= 15 is 0 Å². The van der Waals surface area contributed by atoms with Gasteiger partial charge in [-0.2, -0.15) is 5.10 Å². The molecular weight excluding hydrogens is 426 g/mol. The molecule has 0 atom stereocenters. The van der Waals surface area contributed by atoms with Gasteiger partial charge in [-0.1, -0.05) is 30.3 Å². The number of ether oxygens (including phenoxy) is 2. The van der Waals surface area contributed by atoms with Gasteiger partial charge in [-0.15, -0.1) is 10.2 Å². The van der Waals surface area contributed by atoms with E-state index in [1.54, 1.807) is 26.3 Å². The zero-order valence-electron chi connectivity index (χ0n) is 15.3. The number of halogens is 1. The number of aromatic nitrogens is 3. The van der Waals surface area contributed by atoms with Crippen molar-refractivity contribution >= 4 is 28.1 Å². The number of nitrogens with one attached hydrogen (secondary N) is 2. The van der Waals surface area contributed by atoms with Gasteiger partial charge in [-0.3, -0.25) is 9.78 Å². The number of hydrogen-bond acceptors (Lipinski definition) is 7. The molecule has 9 heteroatoms. The number of anilines is 1. The second-order valence-electron chi connectivity index (χ2n) is 5.77. The normalized spacial score (nSPS) is 10.8. The fourth-order valence-corrected chi connectivity index (χ4v) is 2.87. The average Bonchev–Trinajstić information content (AvgIpc) is 2.70. The van der Waals surface area contributed by atoms with E-state index in [1.807, 2.05) is 36.4 Å². The molecule has 28 heavy (non-hydrogen) atoms. The number of nitrogens with zero attached hydrogens (tertiary/aromatic N) is 3. The molecule has 1 heterocycles. The van der Waals surface area contributed by atoms with Crippen molar-refractivity contribution in [3.8, 4) is 11.5 Å². The lowest BCUT2D eigenvalue weighted by Gasteiger charge is -2.13. The Morgan fingerprint density at radius 3 is 2.75 bits per heavy atom. The summed E-state index contributed by atoms with van der Waals surface area (Å²) in [5.74, 6) is 1.32. The van der Waals surface area contributed by atoms with Gasteiger partial charge in [0.1, 0.15) is 12.3 Å². The maximum absolute atomic E-state index is 11.5. The lowest BCUT2D eigenvalue weighted by molar-refractivity contribution is 0.282. The minimum atomic E-state index is -0.322. The summed E-state index contributed by atoms with van der Waals surface area (Å²) in [6, 6.07) is 13.5. The summed E-state index contributed by atoms with van der Waals surface area (Å²) in [4.78, 5) is 14.0. The lowest BCUT2D eigenvalue weighted by atomic mass is 10.2. The first-order chi connectivity index (χ1) is 13.6. The third-order valence-electron chi connectivity index (χ3n) is 3.72. The van der Waals surface area contributed by atoms with Gasteiger partial charge in [0.2, 0.25) is 5.95 Å². The monoisotopic (exact) mass is 443 g/mol. The topological polar surface area (TPSA) is 101 Å². The zero-order chi connectivity index (χ0) is 19.9. The highest BCUT2D eigenvalue weighted by atomic mass is 79.9. The molecule has 0 amide bonds. The molecule has 1 aromatic heterocycles. The van der Waals surface area contributed by atoms with Gasteiger partial charge in [-0.25, -0.2) is 5.43 Å². The summed E-state index contributed by atoms with van der Waals surface area (Å²) in [5.41, 5.74) is 4.41. The minimum Gasteiger partial charge on any atom is -0.493 e. The molecule has 8 nitrogen and oxygen atoms in total. The molecule has 0 radical (unpaired) electrons. The maximum Gasteiger partial charge on any atom is 0.274 e. The number of hydrazone groups is 1. The maximum atomic E-state index is 11.5. The van der Waals surface area contributed by atoms with Crippen LogP contribution in [0.25, 0.3) is 0 Å². The molecule has 0 unspecified atom stereocenters. The highest BCUT2D eigenvalue weighted by molar-refractivity contribution is 9.10. The van der Waals surface area contributed by atoms with Crippen LogP contribution >= 0.6 is 15.9 Å². The van der Waals surface area contributed by atoms with Crippen LogP contribution in [0.5, 0.6) is 11.5 Å². The van der Waals surface area contributed by atoms with Crippen LogP contribution in [-0.2, 0) is 6.61 Å². The molecule has 0 aliphatic carbocycles. The highest BCUT2D eigenvalue weighted by Crippen LogP contribution is 2.36. The van der Waals surface area contributed by atoms with E-state index in [4.69, 9.17) is 9.47 Å². The molecule has 0 aliphatic heterocycles. The molecule has 3 aromatic rings. The van der Waals surface area contributed by atoms with Crippen LogP contribution in [0.2, 0.25) is 0 Å². The van der Waals surface area contributed by atoms with Crippen molar-refractivity contribution in [2.75, 3.05) is 12.5 Å². The average molecular weight is 444 g/mol. The number of aromatic amines is 1. The number of aryl methyl sites for hydroxylation is 1. The van der Waals surface area contributed by atoms with Gasteiger partial charge in [0, 0.05) is 0 Å². The second-order valence-corrected chi connectivity index (χ2v) is 6.62. The van der Waals surface area contributed by atoms with Gasteiger partial charge in [0.05, 0.1) is 17.8 Å². The van der Waals surface area contributed by atoms with E-state index in [9.17, 15) is 4.79 Å². The highest BCUT2D eigenvalue weighted by Gasteiger charge is 2.11. The molecule has 0 saturated carbocycles. The van der Waals surface area contributed by atoms with Crippen molar-refractivity contribution in [1.29, 1.82) is 0 Å². The molecule has 0 saturated heterocycles. The number of H-pyrrole nitrogens is 1. The fraction of sp³-hybridized carbons (Fsp3) is 0.158. The zero-order valence-corrected chi connectivity index (χ0v) is 16.9. The smallest absolute Gasteiger partial charge is 0.274 e. The summed E-state index contributed by atoms with van der Waals surface area (Å²) in [6.07, 6.45) is 1.56. The van der Waals surface area contributed by atoms with Crippen molar-refractivity contribution in [2.45, 2.75) is 13.5 Å². The predicted molar refractivity (Wildman–Crippen MR) is 110 cm³/mol. The van der Waals surface area contributed by atoms with E-state index in [0.717, 1.165) is 15.6 Å². The minimum absolute atomic E-state index is 0.153. The Balaban J connectivity index is 1.72. The summed E-state index contributed by atoms with van der Waals surface area (Å²) in [6.45, 7) is 1.99. The van der Waals surface area contributed by atoms with Gasteiger partial charge in [0.25, 0.3) is 5.56 Å². The van der Waals surface area contributed by atoms with Gasteiger partial charge < -0.3 is 9.47 Å². The Kier molecular flexibility index (Phi) is 6.38. The van der Waals surface area contributed by atoms with Crippen molar-refractivity contribution in [2.24, 2.45) is 5.10 Å². The van der Waals surface area contributed by atoms with Gasteiger partial charge in [0.15, 0.2) is 11.5 Å². The Labute approximate surface area is 169 Å². The lowest BCUT2D eigenvalue weighted by Crippen LogP contribution is -2.15. The number of methoxy groups -OCH3 is 1. The van der Waals surface area contributed by atoms with E-state index in [-0.39, 0.29) is 17.2 Å². The van der Waals surface area contributed by atoms with Crippen molar-refractivity contribution in [3.05, 3.63) is 74.1 Å². The quantitative estimate of drug-likeness (QED) is 0.429. The standard InChI is InChI=1S/C19H18BrN5O3/c1-12-18(26)22-19(25-23-12)24-21-10-14-8-15(20)17(16(9-14)27-2)28-11-13-6-4-3-5-7-13/h3-10H,11H2,1-2H3,(H2,22,24,25,26)/b21-10-. The Morgan fingerprint density at radius 1 is 1.25 bits per heavy atom. The van der Waals surface area contributed by atoms with Crippen LogP contribution in [0.4, 0.5) is 5.95 Å². The van der Waals surface area contributed by atoms with Crippen molar-refractivity contribution in [1.82, 2.24) is 15.2 Å².